The summed E-state index contributed by atoms with van der Waals surface area (Å²) in [7, 11) is 0. The van der Waals surface area contributed by atoms with E-state index in [-0.39, 0.29) is 24.3 Å². The van der Waals surface area contributed by atoms with Crippen molar-refractivity contribution in [2.24, 2.45) is 0 Å². The van der Waals surface area contributed by atoms with Gasteiger partial charge in [-0.15, -0.1) is 0 Å². The van der Waals surface area contributed by atoms with Crippen LogP contribution in [0.25, 0.3) is 10.9 Å². The average Bonchev–Trinajstić information content (AvgIpc) is 3.32. The van der Waals surface area contributed by atoms with Crippen molar-refractivity contribution in [1.82, 2.24) is 14.8 Å². The number of benzene rings is 2. The topological polar surface area (TPSA) is 74.9 Å². The summed E-state index contributed by atoms with van der Waals surface area (Å²) in [5.41, 5.74) is 2.84. The number of ether oxygens (including phenoxy) is 2. The third kappa shape index (κ3) is 4.32. The molecule has 0 bridgehead atoms. The van der Waals surface area contributed by atoms with Gasteiger partial charge in [-0.1, -0.05) is 51.0 Å². The summed E-state index contributed by atoms with van der Waals surface area (Å²) in [5, 5.41) is 1.08. The van der Waals surface area contributed by atoms with Crippen molar-refractivity contribution >= 4 is 22.7 Å². The number of carbonyl (C=O) groups is 2. The molecule has 202 valence electrons. The Bertz CT molecular complexity index is 1330. The number of amides is 2. The summed E-state index contributed by atoms with van der Waals surface area (Å²) in [4.78, 5) is 34.8. The Morgan fingerprint density at radius 3 is 2.58 bits per heavy atom. The van der Waals surface area contributed by atoms with Crippen LogP contribution in [0.15, 0.2) is 42.5 Å². The van der Waals surface area contributed by atoms with Crippen molar-refractivity contribution in [3.63, 3.8) is 0 Å². The Hall–Kier alpha value is -3.48. The number of nitrogens with zero attached hydrogens (tertiary/aromatic N) is 2. The van der Waals surface area contributed by atoms with Crippen LogP contribution in [0.2, 0.25) is 0 Å². The molecule has 38 heavy (non-hydrogen) atoms. The minimum Gasteiger partial charge on any atom is -0.490 e. The van der Waals surface area contributed by atoms with Crippen LogP contribution >= 0.6 is 0 Å². The monoisotopic (exact) mass is 517 g/mol. The molecule has 0 spiro atoms. The lowest BCUT2D eigenvalue weighted by Gasteiger charge is -2.51. The van der Waals surface area contributed by atoms with Gasteiger partial charge in [0.1, 0.15) is 0 Å². The molecule has 0 radical (unpaired) electrons. The number of rotatable bonds is 10. The van der Waals surface area contributed by atoms with E-state index in [2.05, 4.69) is 31.0 Å². The van der Waals surface area contributed by atoms with E-state index in [1.165, 1.54) is 0 Å². The first-order valence-electron chi connectivity index (χ1n) is 14.0. The minimum atomic E-state index is -1.07. The second-order valence-corrected chi connectivity index (χ2v) is 10.5. The fourth-order valence-corrected chi connectivity index (χ4v) is 6.05. The largest absolute Gasteiger partial charge is 0.490 e. The summed E-state index contributed by atoms with van der Waals surface area (Å²) in [6.07, 6.45) is 3.92. The van der Waals surface area contributed by atoms with Gasteiger partial charge in [-0.3, -0.25) is 9.59 Å². The van der Waals surface area contributed by atoms with Gasteiger partial charge < -0.3 is 24.3 Å². The normalized spacial score (nSPS) is 21.0. The molecule has 0 unspecified atom stereocenters. The standard InChI is InChI=1S/C31H39N3O4/c1-5-8-11-16-33-20-27(35)34-19-23(21-14-15-25(38-17-6-2)26(18-21)37-7-3)28-22-12-9-10-13-24(22)32-29(28)31(34,4)30(33)36/h9-10,12-15,18,23,32H,5-8,11,16-17,19-20H2,1-4H3/t23-,31+/m1/s1. The number of H-pyrrole nitrogens is 1. The first-order chi connectivity index (χ1) is 18.4. The van der Waals surface area contributed by atoms with E-state index in [0.29, 0.717) is 32.1 Å². The van der Waals surface area contributed by atoms with Crippen molar-refractivity contribution in [2.45, 2.75) is 64.8 Å². The number of para-hydroxylation sites is 1. The predicted molar refractivity (Wildman–Crippen MR) is 149 cm³/mol. The Morgan fingerprint density at radius 2 is 1.82 bits per heavy atom. The van der Waals surface area contributed by atoms with Crippen molar-refractivity contribution in [1.29, 1.82) is 0 Å². The Balaban J connectivity index is 1.63. The lowest BCUT2D eigenvalue weighted by atomic mass is 9.76. The van der Waals surface area contributed by atoms with Gasteiger partial charge in [0.05, 0.1) is 25.5 Å². The predicted octanol–water partition coefficient (Wildman–Crippen LogP) is 5.58. The van der Waals surface area contributed by atoms with Gasteiger partial charge in [-0.05, 0) is 56.0 Å². The number of aromatic nitrogens is 1. The maximum atomic E-state index is 14.1. The molecule has 2 aliphatic heterocycles. The summed E-state index contributed by atoms with van der Waals surface area (Å²) in [5.74, 6) is 1.31. The lowest BCUT2D eigenvalue weighted by molar-refractivity contribution is -0.166. The zero-order valence-corrected chi connectivity index (χ0v) is 23.0. The first-order valence-corrected chi connectivity index (χ1v) is 14.0. The van der Waals surface area contributed by atoms with Crippen LogP contribution in [0.4, 0.5) is 0 Å². The number of piperazine rings is 1. The van der Waals surface area contributed by atoms with Crippen molar-refractivity contribution < 1.29 is 19.1 Å². The van der Waals surface area contributed by atoms with Gasteiger partial charge in [0.15, 0.2) is 17.0 Å². The molecule has 2 amide bonds. The van der Waals surface area contributed by atoms with Gasteiger partial charge >= 0.3 is 0 Å². The third-order valence-electron chi connectivity index (χ3n) is 7.98. The van der Waals surface area contributed by atoms with Crippen molar-refractivity contribution in [3.05, 3.63) is 59.3 Å². The fourth-order valence-electron chi connectivity index (χ4n) is 6.05. The zero-order valence-electron chi connectivity index (χ0n) is 23.0. The highest BCUT2D eigenvalue weighted by molar-refractivity contribution is 6.01. The molecule has 2 atom stereocenters. The molecular formula is C31H39N3O4. The summed E-state index contributed by atoms with van der Waals surface area (Å²) >= 11 is 0. The highest BCUT2D eigenvalue weighted by Gasteiger charge is 2.56. The molecule has 0 saturated carbocycles. The maximum absolute atomic E-state index is 14.1. The molecule has 1 N–H and O–H groups in total. The van der Waals surface area contributed by atoms with Crippen LogP contribution in [-0.4, -0.2) is 59.4 Å². The summed E-state index contributed by atoms with van der Waals surface area (Å²) < 4.78 is 11.9. The molecule has 3 heterocycles. The number of nitrogens with one attached hydrogen (secondary N) is 1. The van der Waals surface area contributed by atoms with E-state index < -0.39 is 5.54 Å². The molecule has 2 aliphatic rings. The number of aromatic amines is 1. The molecule has 7 nitrogen and oxygen atoms in total. The summed E-state index contributed by atoms with van der Waals surface area (Å²) in [6, 6.07) is 14.3. The molecule has 1 saturated heterocycles. The van der Waals surface area contributed by atoms with Crippen molar-refractivity contribution in [2.75, 3.05) is 32.8 Å². The van der Waals surface area contributed by atoms with E-state index in [0.717, 1.165) is 59.2 Å². The van der Waals surface area contributed by atoms with Crippen LogP contribution in [0, 0.1) is 0 Å². The number of carbonyl (C=O) groups excluding carboxylic acids is 2. The fraction of sp³-hybridized carbons (Fsp3) is 0.484. The van der Waals surface area contributed by atoms with Crippen LogP contribution < -0.4 is 9.47 Å². The molecule has 2 aromatic carbocycles. The van der Waals surface area contributed by atoms with Crippen LogP contribution in [0.1, 0.15) is 76.1 Å². The van der Waals surface area contributed by atoms with Gasteiger partial charge in [0.25, 0.3) is 5.91 Å². The highest BCUT2D eigenvalue weighted by Crippen LogP contribution is 2.49. The first kappa shape index (κ1) is 26.1. The van der Waals surface area contributed by atoms with E-state index in [1.54, 1.807) is 9.80 Å². The van der Waals surface area contributed by atoms with Gasteiger partial charge in [0, 0.05) is 29.9 Å². The zero-order chi connectivity index (χ0) is 26.9. The van der Waals surface area contributed by atoms with Crippen LogP contribution in [-0.2, 0) is 15.1 Å². The van der Waals surface area contributed by atoms with Crippen molar-refractivity contribution in [3.8, 4) is 11.5 Å². The number of fused-ring (bicyclic) bond motifs is 5. The quantitative estimate of drug-likeness (QED) is 0.357. The number of unbranched alkanes of at least 4 members (excludes halogenated alkanes) is 2. The Kier molecular flexibility index (Phi) is 7.37. The van der Waals surface area contributed by atoms with Gasteiger partial charge in [-0.25, -0.2) is 0 Å². The molecule has 0 aliphatic carbocycles. The van der Waals surface area contributed by atoms with Crippen LogP contribution in [0.3, 0.4) is 0 Å². The third-order valence-corrected chi connectivity index (χ3v) is 7.98. The number of hydrogen-bond acceptors (Lipinski definition) is 4. The smallest absolute Gasteiger partial charge is 0.254 e. The second kappa shape index (κ2) is 10.7. The lowest BCUT2D eigenvalue weighted by Crippen LogP contribution is -2.67. The van der Waals surface area contributed by atoms with Crippen LogP contribution in [0.5, 0.6) is 11.5 Å². The number of hydrogen-bond donors (Lipinski definition) is 1. The average molecular weight is 518 g/mol. The molecule has 7 heteroatoms. The van der Waals surface area contributed by atoms with Gasteiger partial charge in [-0.2, -0.15) is 0 Å². The maximum Gasteiger partial charge on any atom is 0.254 e. The van der Waals surface area contributed by atoms with E-state index in [4.69, 9.17) is 9.47 Å². The second-order valence-electron chi connectivity index (χ2n) is 10.5. The molecule has 3 aromatic rings. The Morgan fingerprint density at radius 1 is 1.00 bits per heavy atom. The molecule has 5 rings (SSSR count). The highest BCUT2D eigenvalue weighted by atomic mass is 16.5. The van der Waals surface area contributed by atoms with E-state index >= 15 is 0 Å². The van der Waals surface area contributed by atoms with E-state index in [1.807, 2.05) is 44.2 Å². The molecular weight excluding hydrogens is 478 g/mol. The summed E-state index contributed by atoms with van der Waals surface area (Å²) in [6.45, 7) is 10.4. The Labute approximate surface area is 225 Å². The SMILES string of the molecule is CCCCCN1CC(=O)N2C[C@H](c3ccc(OCCC)c(OCC)c3)c3c([nH]c4ccccc34)[C@@]2(C)C1=O. The van der Waals surface area contributed by atoms with Gasteiger partial charge in [0.2, 0.25) is 5.91 Å². The molecule has 1 fully saturated rings. The minimum absolute atomic E-state index is 0.00206. The molecule has 1 aromatic heterocycles. The van der Waals surface area contributed by atoms with E-state index in [9.17, 15) is 9.59 Å².